The Morgan fingerprint density at radius 1 is 1.32 bits per heavy atom. The number of benzene rings is 1. The number of carboxylic acids is 1. The Balaban J connectivity index is 1.86. The Kier molecular flexibility index (Phi) is 4.14. The lowest BCUT2D eigenvalue weighted by Gasteiger charge is -2.04. The van der Waals surface area contributed by atoms with Crippen molar-refractivity contribution in [1.29, 1.82) is 0 Å². The molecule has 19 heavy (non-hydrogen) atoms. The summed E-state index contributed by atoms with van der Waals surface area (Å²) in [4.78, 5) is 22.3. The zero-order valence-corrected chi connectivity index (χ0v) is 10.5. The molecule has 0 spiro atoms. The molecular weight excluding hydrogens is 268 g/mol. The molecule has 2 aromatic rings. The number of anilines is 1. The Labute approximate surface area is 112 Å². The Hall–Kier alpha value is -2.35. The van der Waals surface area contributed by atoms with E-state index in [-0.39, 0.29) is 17.2 Å². The Morgan fingerprint density at radius 3 is 2.63 bits per heavy atom. The fourth-order valence-electron chi connectivity index (χ4n) is 1.29. The molecule has 1 aromatic heterocycles. The summed E-state index contributed by atoms with van der Waals surface area (Å²) < 4.78 is 0. The second-order valence-electron chi connectivity index (χ2n) is 3.53. The van der Waals surface area contributed by atoms with Gasteiger partial charge in [0.25, 0.3) is 0 Å². The number of hydrogen-bond acceptors (Lipinski definition) is 5. The lowest BCUT2D eigenvalue weighted by atomic mass is 10.2. The summed E-state index contributed by atoms with van der Waals surface area (Å²) in [6, 6.07) is 5.95. The van der Waals surface area contributed by atoms with Gasteiger partial charge in [-0.15, -0.1) is 5.10 Å². The summed E-state index contributed by atoms with van der Waals surface area (Å²) in [6.07, 6.45) is 1.53. The Morgan fingerprint density at radius 2 is 2.05 bits per heavy atom. The highest BCUT2D eigenvalue weighted by Gasteiger charge is 2.06. The van der Waals surface area contributed by atoms with E-state index >= 15 is 0 Å². The number of carbonyl (C=O) groups excluding carboxylic acids is 1. The molecule has 1 heterocycles. The predicted molar refractivity (Wildman–Crippen MR) is 69.1 cm³/mol. The van der Waals surface area contributed by atoms with Gasteiger partial charge in [-0.25, -0.2) is 4.79 Å². The van der Waals surface area contributed by atoms with Gasteiger partial charge in [0.05, 0.1) is 17.5 Å². The zero-order chi connectivity index (χ0) is 13.7. The van der Waals surface area contributed by atoms with Crippen LogP contribution in [-0.4, -0.2) is 38.1 Å². The first-order chi connectivity index (χ1) is 9.15. The van der Waals surface area contributed by atoms with Crippen LogP contribution in [0.25, 0.3) is 0 Å². The fourth-order valence-corrected chi connectivity index (χ4v) is 1.88. The monoisotopic (exact) mass is 278 g/mol. The van der Waals surface area contributed by atoms with Crippen LogP contribution in [0.1, 0.15) is 10.4 Å². The minimum atomic E-state index is -1.00. The van der Waals surface area contributed by atoms with Gasteiger partial charge in [-0.05, 0) is 24.3 Å². The molecule has 8 heteroatoms. The van der Waals surface area contributed by atoms with Gasteiger partial charge in [-0.2, -0.15) is 10.3 Å². The predicted octanol–water partition coefficient (Wildman–Crippen LogP) is 1.23. The number of aromatic nitrogens is 3. The van der Waals surface area contributed by atoms with Crippen molar-refractivity contribution in [2.45, 2.75) is 5.03 Å². The molecule has 2 rings (SSSR count). The maximum Gasteiger partial charge on any atom is 0.335 e. The number of thioether (sulfide) groups is 1. The summed E-state index contributed by atoms with van der Waals surface area (Å²) in [5, 5.41) is 21.9. The average Bonchev–Trinajstić information content (AvgIpc) is 2.90. The maximum atomic E-state index is 11.6. The Bertz CT molecular complexity index is 568. The highest BCUT2D eigenvalue weighted by atomic mass is 32.2. The van der Waals surface area contributed by atoms with E-state index in [0.717, 1.165) is 0 Å². The molecule has 0 atom stereocenters. The van der Waals surface area contributed by atoms with Crippen molar-refractivity contribution in [3.63, 3.8) is 0 Å². The minimum Gasteiger partial charge on any atom is -0.478 e. The number of rotatable bonds is 5. The number of aromatic amines is 1. The number of amides is 1. The minimum absolute atomic E-state index is 0.176. The molecule has 0 fully saturated rings. The molecule has 0 bridgehead atoms. The molecule has 0 aliphatic heterocycles. The van der Waals surface area contributed by atoms with E-state index in [4.69, 9.17) is 5.11 Å². The molecule has 0 saturated carbocycles. The van der Waals surface area contributed by atoms with Crippen molar-refractivity contribution in [3.8, 4) is 0 Å². The second kappa shape index (κ2) is 6.01. The van der Waals surface area contributed by atoms with Crippen LogP contribution >= 0.6 is 11.8 Å². The van der Waals surface area contributed by atoms with Crippen LogP contribution in [-0.2, 0) is 4.79 Å². The lowest BCUT2D eigenvalue weighted by Crippen LogP contribution is -2.14. The van der Waals surface area contributed by atoms with Crippen molar-refractivity contribution >= 4 is 29.3 Å². The molecule has 0 saturated heterocycles. The number of aromatic carboxylic acids is 1. The van der Waals surface area contributed by atoms with Crippen molar-refractivity contribution < 1.29 is 14.7 Å². The van der Waals surface area contributed by atoms with E-state index in [1.54, 1.807) is 12.1 Å². The van der Waals surface area contributed by atoms with E-state index in [0.29, 0.717) is 10.7 Å². The van der Waals surface area contributed by atoms with Crippen LogP contribution in [0.5, 0.6) is 0 Å². The third-order valence-corrected chi connectivity index (χ3v) is 3.06. The van der Waals surface area contributed by atoms with Crippen molar-refractivity contribution in [2.24, 2.45) is 0 Å². The number of hydrogen-bond donors (Lipinski definition) is 3. The average molecular weight is 278 g/mol. The van der Waals surface area contributed by atoms with Gasteiger partial charge in [-0.3, -0.25) is 4.79 Å². The van der Waals surface area contributed by atoms with Gasteiger partial charge < -0.3 is 10.4 Å². The van der Waals surface area contributed by atoms with Crippen LogP contribution in [0.3, 0.4) is 0 Å². The number of H-pyrrole nitrogens is 1. The number of nitrogens with one attached hydrogen (secondary N) is 2. The number of carbonyl (C=O) groups is 2. The van der Waals surface area contributed by atoms with Crippen molar-refractivity contribution in [3.05, 3.63) is 36.0 Å². The van der Waals surface area contributed by atoms with Crippen LogP contribution in [0.2, 0.25) is 0 Å². The van der Waals surface area contributed by atoms with E-state index < -0.39 is 5.97 Å². The number of carboxylic acid groups (broad SMARTS) is 1. The second-order valence-corrected chi connectivity index (χ2v) is 4.52. The van der Waals surface area contributed by atoms with Gasteiger partial charge in [0.15, 0.2) is 0 Å². The van der Waals surface area contributed by atoms with Crippen LogP contribution in [0, 0.1) is 0 Å². The molecule has 0 unspecified atom stereocenters. The quantitative estimate of drug-likeness (QED) is 0.710. The first kappa shape index (κ1) is 13.1. The topological polar surface area (TPSA) is 108 Å². The standard InChI is InChI=1S/C11H10N4O3S/c16-9(6-19-10-5-12-15-14-10)13-8-3-1-7(2-4-8)11(17)18/h1-5H,6H2,(H,13,16)(H,17,18)(H,12,14,15). The summed E-state index contributed by atoms with van der Waals surface area (Å²) in [5.74, 6) is -0.997. The molecule has 0 aliphatic carbocycles. The molecule has 1 aromatic carbocycles. The molecule has 1 amide bonds. The molecule has 7 nitrogen and oxygen atoms in total. The molecule has 0 radical (unpaired) electrons. The molecular formula is C11H10N4O3S. The highest BCUT2D eigenvalue weighted by molar-refractivity contribution is 7.99. The third kappa shape index (κ3) is 3.81. The van der Waals surface area contributed by atoms with E-state index in [9.17, 15) is 9.59 Å². The van der Waals surface area contributed by atoms with Gasteiger partial charge in [-0.1, -0.05) is 11.8 Å². The highest BCUT2D eigenvalue weighted by Crippen LogP contribution is 2.14. The fraction of sp³-hybridized carbons (Fsp3) is 0.0909. The van der Waals surface area contributed by atoms with Gasteiger partial charge in [0.2, 0.25) is 5.91 Å². The smallest absolute Gasteiger partial charge is 0.335 e. The molecule has 98 valence electrons. The molecule has 0 aliphatic rings. The van der Waals surface area contributed by atoms with Gasteiger partial charge in [0, 0.05) is 5.69 Å². The number of nitrogens with zero attached hydrogens (tertiary/aromatic N) is 2. The van der Waals surface area contributed by atoms with Gasteiger partial charge in [0.1, 0.15) is 5.03 Å². The van der Waals surface area contributed by atoms with E-state index in [1.165, 1.54) is 30.1 Å². The first-order valence-electron chi connectivity index (χ1n) is 5.27. The summed E-state index contributed by atoms with van der Waals surface area (Å²) in [6.45, 7) is 0. The first-order valence-corrected chi connectivity index (χ1v) is 6.25. The van der Waals surface area contributed by atoms with E-state index in [1.807, 2.05) is 0 Å². The van der Waals surface area contributed by atoms with Crippen LogP contribution in [0.15, 0.2) is 35.5 Å². The largest absolute Gasteiger partial charge is 0.478 e. The summed E-state index contributed by atoms with van der Waals surface area (Å²) in [5.41, 5.74) is 0.728. The maximum absolute atomic E-state index is 11.6. The summed E-state index contributed by atoms with van der Waals surface area (Å²) in [7, 11) is 0. The summed E-state index contributed by atoms with van der Waals surface area (Å²) >= 11 is 1.25. The third-order valence-electron chi connectivity index (χ3n) is 2.16. The van der Waals surface area contributed by atoms with E-state index in [2.05, 4.69) is 20.7 Å². The van der Waals surface area contributed by atoms with Crippen LogP contribution < -0.4 is 5.32 Å². The molecule has 3 N–H and O–H groups in total. The van der Waals surface area contributed by atoms with Crippen LogP contribution in [0.4, 0.5) is 5.69 Å². The normalized spacial score (nSPS) is 10.1. The SMILES string of the molecule is O=C(CSc1cn[nH]n1)Nc1ccc(C(=O)O)cc1. The van der Waals surface area contributed by atoms with Crippen molar-refractivity contribution in [2.75, 3.05) is 11.1 Å². The lowest BCUT2D eigenvalue weighted by molar-refractivity contribution is -0.113. The zero-order valence-electron chi connectivity index (χ0n) is 9.66. The van der Waals surface area contributed by atoms with Crippen molar-refractivity contribution in [1.82, 2.24) is 15.4 Å². The van der Waals surface area contributed by atoms with Gasteiger partial charge >= 0.3 is 5.97 Å².